The van der Waals surface area contributed by atoms with E-state index < -0.39 is 0 Å². The molecule has 18 heavy (non-hydrogen) atoms. The second-order valence-electron chi connectivity index (χ2n) is 3.95. The summed E-state index contributed by atoms with van der Waals surface area (Å²) < 4.78 is 1.13. The van der Waals surface area contributed by atoms with Crippen LogP contribution in [-0.2, 0) is 6.54 Å². The Balaban J connectivity index is 0.000000771. The van der Waals surface area contributed by atoms with Gasteiger partial charge in [-0.2, -0.15) is 0 Å². The van der Waals surface area contributed by atoms with E-state index in [-0.39, 0.29) is 0 Å². The molecule has 0 spiro atoms. The topological polar surface area (TPSA) is 4.44 Å². The maximum absolute atomic E-state index is 3.45. The summed E-state index contributed by atoms with van der Waals surface area (Å²) in [5.74, 6) is 0. The number of hydrogen-bond donors (Lipinski definition) is 1. The first-order valence-electron chi connectivity index (χ1n) is 6.38. The zero-order chi connectivity index (χ0) is 13.4. The Kier molecular flexibility index (Phi) is 6.69. The summed E-state index contributed by atoms with van der Waals surface area (Å²) in [4.78, 5) is 1.41. The molecule has 0 aliphatic heterocycles. The average molecular weight is 307 g/mol. The maximum atomic E-state index is 3.45. The lowest BCUT2D eigenvalue weighted by molar-refractivity contribution is -0.825. The second kappa shape index (κ2) is 8.06. The van der Waals surface area contributed by atoms with Crippen molar-refractivity contribution in [1.29, 1.82) is 0 Å². The van der Waals surface area contributed by atoms with Crippen LogP contribution in [-0.4, -0.2) is 7.05 Å². The van der Waals surface area contributed by atoms with Gasteiger partial charge in [0.1, 0.15) is 12.2 Å². The summed E-state index contributed by atoms with van der Waals surface area (Å²) in [6, 6.07) is 19.0. The lowest BCUT2D eigenvalue weighted by Gasteiger charge is -2.13. The van der Waals surface area contributed by atoms with Crippen molar-refractivity contribution in [1.82, 2.24) is 0 Å². The van der Waals surface area contributed by atoms with E-state index in [4.69, 9.17) is 0 Å². The first-order valence-corrected chi connectivity index (χ1v) is 7.17. The molecule has 0 saturated carbocycles. The molecule has 2 heteroatoms. The first-order chi connectivity index (χ1) is 8.75. The molecule has 1 unspecified atom stereocenters. The molecule has 2 aromatic rings. The molecule has 0 aliphatic rings. The summed E-state index contributed by atoms with van der Waals surface area (Å²) in [6.07, 6.45) is 0. The Morgan fingerprint density at radius 1 is 0.889 bits per heavy atom. The van der Waals surface area contributed by atoms with Crippen molar-refractivity contribution >= 4 is 21.6 Å². The minimum absolute atomic E-state index is 1.01. The van der Waals surface area contributed by atoms with Crippen LogP contribution in [0.1, 0.15) is 19.4 Å². The Labute approximate surface area is 119 Å². The van der Waals surface area contributed by atoms with E-state index in [0.29, 0.717) is 0 Å². The fourth-order valence-corrected chi connectivity index (χ4v) is 2.00. The summed E-state index contributed by atoms with van der Waals surface area (Å²) >= 11 is 3.45. The van der Waals surface area contributed by atoms with Gasteiger partial charge in [-0.25, -0.2) is 0 Å². The molecule has 2 rings (SSSR count). The van der Waals surface area contributed by atoms with Crippen molar-refractivity contribution < 1.29 is 4.90 Å². The predicted octanol–water partition coefficient (Wildman–Crippen LogP) is 3.82. The van der Waals surface area contributed by atoms with Crippen molar-refractivity contribution in [2.45, 2.75) is 20.4 Å². The third kappa shape index (κ3) is 4.63. The second-order valence-corrected chi connectivity index (χ2v) is 4.87. The molecule has 96 valence electrons. The monoisotopic (exact) mass is 306 g/mol. The van der Waals surface area contributed by atoms with E-state index in [1.807, 2.05) is 13.8 Å². The highest BCUT2D eigenvalue weighted by Gasteiger charge is 2.06. The van der Waals surface area contributed by atoms with E-state index in [9.17, 15) is 0 Å². The average Bonchev–Trinajstić information content (AvgIpc) is 2.44. The van der Waals surface area contributed by atoms with Crippen molar-refractivity contribution in [2.75, 3.05) is 7.05 Å². The third-order valence-corrected chi connectivity index (χ3v) is 3.18. The van der Waals surface area contributed by atoms with E-state index in [1.54, 1.807) is 0 Å². The highest BCUT2D eigenvalue weighted by atomic mass is 79.9. The smallest absolute Gasteiger partial charge is 0.131 e. The molecule has 0 amide bonds. The lowest BCUT2D eigenvalue weighted by atomic mass is 10.2. The molecule has 0 heterocycles. The number of hydrogen-bond acceptors (Lipinski definition) is 0. The Bertz CT molecular complexity index is 436. The van der Waals surface area contributed by atoms with E-state index in [0.717, 1.165) is 11.0 Å². The molecule has 0 aromatic heterocycles. The van der Waals surface area contributed by atoms with E-state index in [2.05, 4.69) is 77.6 Å². The van der Waals surface area contributed by atoms with E-state index in [1.165, 1.54) is 16.2 Å². The van der Waals surface area contributed by atoms with Gasteiger partial charge < -0.3 is 4.90 Å². The highest BCUT2D eigenvalue weighted by molar-refractivity contribution is 9.10. The fourth-order valence-electron chi connectivity index (χ4n) is 1.73. The molecule has 1 N–H and O–H groups in total. The molecule has 2 aromatic carbocycles. The van der Waals surface area contributed by atoms with Gasteiger partial charge in [-0.15, -0.1) is 0 Å². The van der Waals surface area contributed by atoms with Crippen LogP contribution < -0.4 is 4.90 Å². The molecule has 1 nitrogen and oxygen atoms in total. The van der Waals surface area contributed by atoms with Crippen LogP contribution in [0.5, 0.6) is 0 Å². The van der Waals surface area contributed by atoms with Gasteiger partial charge in [0.05, 0.1) is 7.05 Å². The minimum atomic E-state index is 1.01. The highest BCUT2D eigenvalue weighted by Crippen LogP contribution is 2.10. The van der Waals surface area contributed by atoms with E-state index >= 15 is 0 Å². The van der Waals surface area contributed by atoms with Gasteiger partial charge in [0.2, 0.25) is 0 Å². The molecular formula is C16H21BrN+. The number of para-hydroxylation sites is 1. The van der Waals surface area contributed by atoms with Gasteiger partial charge in [-0.3, -0.25) is 0 Å². The first kappa shape index (κ1) is 14.9. The SMILES string of the molecule is CC.C[NH+](Cc1ccc(Br)cc1)c1ccccc1. The zero-order valence-electron chi connectivity index (χ0n) is 11.3. The minimum Gasteiger partial charge on any atom is -0.301 e. The summed E-state index contributed by atoms with van der Waals surface area (Å²) in [5, 5.41) is 0. The third-order valence-electron chi connectivity index (χ3n) is 2.65. The molecule has 0 saturated heterocycles. The van der Waals surface area contributed by atoms with Gasteiger partial charge in [-0.1, -0.05) is 60.1 Å². The molecular weight excluding hydrogens is 286 g/mol. The Morgan fingerprint density at radius 2 is 1.44 bits per heavy atom. The van der Waals surface area contributed by atoms with Crippen LogP contribution in [0.25, 0.3) is 0 Å². The molecule has 0 fully saturated rings. The normalized spacial score (nSPS) is 11.3. The van der Waals surface area contributed by atoms with Crippen LogP contribution >= 0.6 is 15.9 Å². The quantitative estimate of drug-likeness (QED) is 0.879. The van der Waals surface area contributed by atoms with Crippen LogP contribution in [0.15, 0.2) is 59.1 Å². The molecule has 0 radical (unpaired) electrons. The number of quaternary nitrogens is 1. The van der Waals surface area contributed by atoms with Gasteiger partial charge >= 0.3 is 0 Å². The standard InChI is InChI=1S/C14H14BrN.C2H6/c1-16(14-5-3-2-4-6-14)11-12-7-9-13(15)10-8-12;1-2/h2-10H,11H2,1H3;1-2H3/p+1. The molecule has 1 atom stereocenters. The maximum Gasteiger partial charge on any atom is 0.131 e. The van der Waals surface area contributed by atoms with Crippen molar-refractivity contribution in [3.05, 3.63) is 64.6 Å². The summed E-state index contributed by atoms with van der Waals surface area (Å²) in [7, 11) is 2.19. The van der Waals surface area contributed by atoms with Gasteiger partial charge in [0.15, 0.2) is 0 Å². The summed E-state index contributed by atoms with van der Waals surface area (Å²) in [6.45, 7) is 5.01. The van der Waals surface area contributed by atoms with Gasteiger partial charge in [0, 0.05) is 10.0 Å². The van der Waals surface area contributed by atoms with Crippen LogP contribution in [0.3, 0.4) is 0 Å². The Morgan fingerprint density at radius 3 is 2.00 bits per heavy atom. The fraction of sp³-hybridized carbons (Fsp3) is 0.250. The van der Waals surface area contributed by atoms with Gasteiger partial charge in [-0.05, 0) is 24.3 Å². The Hall–Kier alpha value is -1.12. The van der Waals surface area contributed by atoms with Crippen LogP contribution in [0, 0.1) is 0 Å². The van der Waals surface area contributed by atoms with Crippen molar-refractivity contribution in [3.63, 3.8) is 0 Å². The molecule has 0 aliphatic carbocycles. The lowest BCUT2D eigenvalue weighted by Crippen LogP contribution is -3.02. The predicted molar refractivity (Wildman–Crippen MR) is 82.2 cm³/mol. The van der Waals surface area contributed by atoms with Gasteiger partial charge in [0.25, 0.3) is 0 Å². The number of benzene rings is 2. The number of nitrogens with one attached hydrogen (secondary N) is 1. The van der Waals surface area contributed by atoms with Crippen molar-refractivity contribution in [3.8, 4) is 0 Å². The number of rotatable bonds is 3. The largest absolute Gasteiger partial charge is 0.301 e. The molecule has 0 bridgehead atoms. The summed E-state index contributed by atoms with van der Waals surface area (Å²) in [5.41, 5.74) is 2.68. The van der Waals surface area contributed by atoms with Crippen molar-refractivity contribution in [2.24, 2.45) is 0 Å². The van der Waals surface area contributed by atoms with Crippen LogP contribution in [0.2, 0.25) is 0 Å². The zero-order valence-corrected chi connectivity index (χ0v) is 12.9. The van der Waals surface area contributed by atoms with Crippen LogP contribution in [0.4, 0.5) is 5.69 Å². The number of halogens is 1.